The summed E-state index contributed by atoms with van der Waals surface area (Å²) in [6.07, 6.45) is 0. The van der Waals surface area contributed by atoms with Gasteiger partial charge in [0.15, 0.2) is 5.82 Å². The van der Waals surface area contributed by atoms with Gasteiger partial charge in [-0.05, 0) is 123 Å². The number of fused-ring (bicyclic) bond motifs is 13. The van der Waals surface area contributed by atoms with E-state index in [4.69, 9.17) is 9.97 Å². The van der Waals surface area contributed by atoms with Crippen LogP contribution in [0.25, 0.3) is 110 Å². The Morgan fingerprint density at radius 1 is 0.312 bits per heavy atom. The van der Waals surface area contributed by atoms with E-state index in [1.54, 1.807) is 0 Å². The van der Waals surface area contributed by atoms with Crippen LogP contribution in [0.15, 0.2) is 194 Å². The van der Waals surface area contributed by atoms with E-state index in [-0.39, 0.29) is 10.8 Å². The molecule has 302 valence electrons. The fourth-order valence-corrected chi connectivity index (χ4v) is 11.5. The normalized spacial score (nSPS) is 14.2. The Kier molecular flexibility index (Phi) is 7.74. The molecule has 13 rings (SSSR count). The Morgan fingerprint density at radius 2 is 0.891 bits per heavy atom. The standard InChI is InChI=1S/C62H44N2/c1-61(2)52-28-16-27-47(57(52)51-33-38-19-8-9-20-39(38)34-54(51)61)45-31-32-46(42-22-11-10-21-41(42)45)56-36-55(63-60(64-56)37-17-6-5-7-18-37)40-29-30-50-53(35-40)62(3,4)59-49-26-15-13-24-44(49)43-23-12-14-25-48(43)58(50)59/h5-36H,1-4H3. The van der Waals surface area contributed by atoms with Crippen molar-refractivity contribution in [3.8, 4) is 67.3 Å². The van der Waals surface area contributed by atoms with Gasteiger partial charge < -0.3 is 0 Å². The van der Waals surface area contributed by atoms with Gasteiger partial charge in [0, 0.05) is 27.5 Å². The van der Waals surface area contributed by atoms with Gasteiger partial charge in [0.2, 0.25) is 0 Å². The maximum absolute atomic E-state index is 5.38. The zero-order valence-corrected chi connectivity index (χ0v) is 36.4. The molecule has 10 aromatic carbocycles. The first kappa shape index (κ1) is 36.9. The largest absolute Gasteiger partial charge is 0.228 e. The van der Waals surface area contributed by atoms with Gasteiger partial charge in [-0.3, -0.25) is 0 Å². The minimum Gasteiger partial charge on any atom is -0.228 e. The van der Waals surface area contributed by atoms with E-state index in [2.05, 4.69) is 222 Å². The topological polar surface area (TPSA) is 25.8 Å². The van der Waals surface area contributed by atoms with Crippen LogP contribution in [0.3, 0.4) is 0 Å². The van der Waals surface area contributed by atoms with Crippen molar-refractivity contribution in [3.63, 3.8) is 0 Å². The van der Waals surface area contributed by atoms with Crippen LogP contribution in [0.2, 0.25) is 0 Å². The number of rotatable bonds is 4. The molecule has 2 heteroatoms. The molecule has 1 aromatic heterocycles. The second-order valence-electron chi connectivity index (χ2n) is 18.9. The lowest BCUT2D eigenvalue weighted by molar-refractivity contribution is 0.661. The lowest BCUT2D eigenvalue weighted by Crippen LogP contribution is -2.15. The Labute approximate surface area is 373 Å². The second-order valence-corrected chi connectivity index (χ2v) is 18.9. The van der Waals surface area contributed by atoms with E-state index in [0.29, 0.717) is 5.82 Å². The summed E-state index contributed by atoms with van der Waals surface area (Å²) in [6.45, 7) is 9.53. The van der Waals surface area contributed by atoms with Crippen molar-refractivity contribution in [2.75, 3.05) is 0 Å². The summed E-state index contributed by atoms with van der Waals surface area (Å²) in [6, 6.07) is 71.4. The predicted octanol–water partition coefficient (Wildman–Crippen LogP) is 16.4. The maximum Gasteiger partial charge on any atom is 0.160 e. The smallest absolute Gasteiger partial charge is 0.160 e. The van der Waals surface area contributed by atoms with Crippen LogP contribution in [-0.4, -0.2) is 9.97 Å². The molecule has 0 amide bonds. The number of aromatic nitrogens is 2. The number of nitrogens with zero attached hydrogens (tertiary/aromatic N) is 2. The van der Waals surface area contributed by atoms with Crippen LogP contribution >= 0.6 is 0 Å². The van der Waals surface area contributed by atoms with Gasteiger partial charge in [-0.15, -0.1) is 0 Å². The Bertz CT molecular complexity index is 3780. The van der Waals surface area contributed by atoms with Gasteiger partial charge in [0.05, 0.1) is 11.4 Å². The van der Waals surface area contributed by atoms with Gasteiger partial charge in [0.1, 0.15) is 0 Å². The van der Waals surface area contributed by atoms with Gasteiger partial charge in [-0.25, -0.2) is 9.97 Å². The molecule has 0 fully saturated rings. The highest BCUT2D eigenvalue weighted by atomic mass is 14.9. The molecule has 0 unspecified atom stereocenters. The zero-order valence-electron chi connectivity index (χ0n) is 36.4. The van der Waals surface area contributed by atoms with E-state index in [0.717, 1.165) is 28.1 Å². The molecule has 0 N–H and O–H groups in total. The first-order chi connectivity index (χ1) is 31.3. The third kappa shape index (κ3) is 5.20. The zero-order chi connectivity index (χ0) is 42.9. The average molecular weight is 817 g/mol. The summed E-state index contributed by atoms with van der Waals surface area (Å²) in [5, 5.41) is 10.2. The fourth-order valence-electron chi connectivity index (χ4n) is 11.5. The van der Waals surface area contributed by atoms with Crippen LogP contribution in [-0.2, 0) is 10.8 Å². The van der Waals surface area contributed by atoms with Crippen molar-refractivity contribution < 1.29 is 0 Å². The summed E-state index contributed by atoms with van der Waals surface area (Å²) in [5.41, 5.74) is 17.9. The lowest BCUT2D eigenvalue weighted by Gasteiger charge is -2.24. The molecule has 2 aliphatic carbocycles. The minimum atomic E-state index is -0.227. The summed E-state index contributed by atoms with van der Waals surface area (Å²) in [5.74, 6) is 0.716. The van der Waals surface area contributed by atoms with E-state index in [1.807, 2.05) is 0 Å². The molecule has 64 heavy (non-hydrogen) atoms. The molecule has 1 heterocycles. The number of hydrogen-bond acceptors (Lipinski definition) is 2. The highest BCUT2D eigenvalue weighted by Crippen LogP contribution is 2.56. The number of benzene rings is 10. The molecular weight excluding hydrogens is 773 g/mol. The summed E-state index contributed by atoms with van der Waals surface area (Å²) < 4.78 is 0. The lowest BCUT2D eigenvalue weighted by atomic mass is 9.79. The quantitative estimate of drug-likeness (QED) is 0.165. The van der Waals surface area contributed by atoms with E-state index in [1.165, 1.54) is 98.7 Å². The molecule has 0 bridgehead atoms. The Balaban J connectivity index is 0.995. The van der Waals surface area contributed by atoms with Crippen molar-refractivity contribution in [3.05, 3.63) is 216 Å². The van der Waals surface area contributed by atoms with Crippen LogP contribution < -0.4 is 0 Å². The van der Waals surface area contributed by atoms with E-state index >= 15 is 0 Å². The molecular formula is C62H44N2. The summed E-state index contributed by atoms with van der Waals surface area (Å²) in [4.78, 5) is 10.7. The Hall–Kier alpha value is -7.68. The highest BCUT2D eigenvalue weighted by molar-refractivity contribution is 6.18. The molecule has 0 atom stereocenters. The molecule has 11 aromatic rings. The van der Waals surface area contributed by atoms with Gasteiger partial charge in [0.25, 0.3) is 0 Å². The van der Waals surface area contributed by atoms with Crippen LogP contribution in [0.1, 0.15) is 49.9 Å². The van der Waals surface area contributed by atoms with Crippen molar-refractivity contribution in [2.45, 2.75) is 38.5 Å². The van der Waals surface area contributed by atoms with Crippen molar-refractivity contribution in [1.82, 2.24) is 9.97 Å². The third-order valence-corrected chi connectivity index (χ3v) is 14.6. The van der Waals surface area contributed by atoms with Crippen LogP contribution in [0.4, 0.5) is 0 Å². The Morgan fingerprint density at radius 3 is 1.66 bits per heavy atom. The molecule has 0 saturated heterocycles. The van der Waals surface area contributed by atoms with E-state index < -0.39 is 0 Å². The number of hydrogen-bond donors (Lipinski definition) is 0. The summed E-state index contributed by atoms with van der Waals surface area (Å²) >= 11 is 0. The molecule has 0 spiro atoms. The van der Waals surface area contributed by atoms with Crippen LogP contribution in [0, 0.1) is 0 Å². The van der Waals surface area contributed by atoms with Gasteiger partial charge in [-0.1, -0.05) is 198 Å². The molecule has 2 nitrogen and oxygen atoms in total. The molecule has 2 aliphatic rings. The van der Waals surface area contributed by atoms with E-state index in [9.17, 15) is 0 Å². The molecule has 0 saturated carbocycles. The van der Waals surface area contributed by atoms with Gasteiger partial charge in [-0.2, -0.15) is 0 Å². The monoisotopic (exact) mass is 816 g/mol. The predicted molar refractivity (Wildman–Crippen MR) is 269 cm³/mol. The summed E-state index contributed by atoms with van der Waals surface area (Å²) in [7, 11) is 0. The second kappa shape index (κ2) is 13.4. The SMILES string of the molecule is CC1(C)c2cc3ccccc3cc2-c2c(-c3ccc(-c4cc(-c5ccc6c(c5)C(C)(C)c5c-6c6ccccc6c6ccccc56)nc(-c5ccccc5)n4)c4ccccc34)cccc21. The average Bonchev–Trinajstić information content (AvgIpc) is 3.72. The maximum atomic E-state index is 5.38. The third-order valence-electron chi connectivity index (χ3n) is 14.6. The fraction of sp³-hybridized carbons (Fsp3) is 0.0968. The molecule has 0 radical (unpaired) electrons. The first-order valence-corrected chi connectivity index (χ1v) is 22.5. The minimum absolute atomic E-state index is 0.122. The van der Waals surface area contributed by atoms with Crippen LogP contribution in [0.5, 0.6) is 0 Å². The highest BCUT2D eigenvalue weighted by Gasteiger charge is 2.39. The first-order valence-electron chi connectivity index (χ1n) is 22.5. The van der Waals surface area contributed by atoms with Crippen molar-refractivity contribution in [1.29, 1.82) is 0 Å². The molecule has 0 aliphatic heterocycles. The van der Waals surface area contributed by atoms with Crippen molar-refractivity contribution in [2.24, 2.45) is 0 Å². The van der Waals surface area contributed by atoms with Crippen molar-refractivity contribution >= 4 is 43.1 Å². The van der Waals surface area contributed by atoms with Gasteiger partial charge >= 0.3 is 0 Å².